The molecule has 1 amide bonds. The van der Waals surface area contributed by atoms with Crippen LogP contribution in [0.1, 0.15) is 46.8 Å². The number of carbonyl (C=O) groups is 1. The molecule has 0 unspecified atom stereocenters. The van der Waals surface area contributed by atoms with Crippen molar-refractivity contribution in [3.8, 4) is 11.1 Å². The molecule has 0 spiro atoms. The fourth-order valence-corrected chi connectivity index (χ4v) is 4.76. The van der Waals surface area contributed by atoms with Crippen molar-refractivity contribution in [2.75, 3.05) is 23.4 Å². The maximum Gasteiger partial charge on any atom is 0.276 e. The molecule has 2 aliphatic heterocycles. The summed E-state index contributed by atoms with van der Waals surface area (Å²) in [6.07, 6.45) is 7.35. The summed E-state index contributed by atoms with van der Waals surface area (Å²) in [5.41, 5.74) is 5.49. The summed E-state index contributed by atoms with van der Waals surface area (Å²) in [5.74, 6) is 1.28. The van der Waals surface area contributed by atoms with Gasteiger partial charge in [-0.3, -0.25) is 4.79 Å². The summed E-state index contributed by atoms with van der Waals surface area (Å²) < 4.78 is 5.73. The summed E-state index contributed by atoms with van der Waals surface area (Å²) in [6, 6.07) is 12.4. The zero-order valence-electron chi connectivity index (χ0n) is 18.0. The highest BCUT2D eigenvalue weighted by Gasteiger charge is 2.39. The lowest BCUT2D eigenvalue weighted by molar-refractivity contribution is 0.0988. The second-order valence-electron chi connectivity index (χ2n) is 9.03. The van der Waals surface area contributed by atoms with E-state index >= 15 is 0 Å². The zero-order chi connectivity index (χ0) is 21.7. The van der Waals surface area contributed by atoms with E-state index in [-0.39, 0.29) is 5.91 Å². The number of fused-ring (bicyclic) bond motifs is 2. The van der Waals surface area contributed by atoms with Crippen LogP contribution in [0.3, 0.4) is 0 Å². The molecule has 4 heterocycles. The first-order valence-electron chi connectivity index (χ1n) is 11.2. The summed E-state index contributed by atoms with van der Waals surface area (Å²) >= 11 is 0. The lowest BCUT2D eigenvalue weighted by Gasteiger charge is -2.28. The van der Waals surface area contributed by atoms with Crippen LogP contribution in [0.2, 0.25) is 0 Å². The van der Waals surface area contributed by atoms with Crippen molar-refractivity contribution in [3.05, 3.63) is 65.6 Å². The van der Waals surface area contributed by atoms with Crippen molar-refractivity contribution in [1.29, 1.82) is 0 Å². The molecule has 2 saturated heterocycles. The highest BCUT2D eigenvalue weighted by atomic mass is 16.5. The molecular weight excluding hydrogens is 402 g/mol. The van der Waals surface area contributed by atoms with E-state index in [0.717, 1.165) is 66.2 Å². The standard InChI is InChI=1S/C25H25N5O2/c1-15-2-5-19(28-25(31)23-8-18(12-27-29-23)16-3-4-16)10-22(15)17-6-7-26-24(9-17)30-13-21-11-20(30)14-32-21/h2,5-10,12,16,20-21H,3-4,11,13-14H2,1H3,(H,28,31)/t20-,21-/m0/s1. The average molecular weight is 428 g/mol. The second kappa shape index (κ2) is 7.67. The summed E-state index contributed by atoms with van der Waals surface area (Å²) in [7, 11) is 0. The first kappa shape index (κ1) is 19.4. The van der Waals surface area contributed by atoms with Gasteiger partial charge in [-0.2, -0.15) is 5.10 Å². The third-order valence-corrected chi connectivity index (χ3v) is 6.70. The molecule has 3 aromatic rings. The molecular formula is C25H25N5O2. The highest BCUT2D eigenvalue weighted by Crippen LogP contribution is 2.39. The molecule has 6 rings (SSSR count). The molecule has 1 aromatic carbocycles. The van der Waals surface area contributed by atoms with Gasteiger partial charge in [-0.1, -0.05) is 6.07 Å². The predicted molar refractivity (Wildman–Crippen MR) is 122 cm³/mol. The van der Waals surface area contributed by atoms with Gasteiger partial charge in [-0.05, 0) is 84.7 Å². The number of morpholine rings is 1. The first-order chi connectivity index (χ1) is 15.6. The van der Waals surface area contributed by atoms with Crippen molar-refractivity contribution in [3.63, 3.8) is 0 Å². The topological polar surface area (TPSA) is 80.2 Å². The number of aryl methyl sites for hydroxylation is 1. The Hall–Kier alpha value is -3.32. The van der Waals surface area contributed by atoms with Gasteiger partial charge in [-0.25, -0.2) is 4.98 Å². The van der Waals surface area contributed by atoms with Crippen LogP contribution in [-0.2, 0) is 4.74 Å². The van der Waals surface area contributed by atoms with Crippen LogP contribution >= 0.6 is 0 Å². The van der Waals surface area contributed by atoms with E-state index in [0.29, 0.717) is 23.8 Å². The molecule has 3 aliphatic rings. The van der Waals surface area contributed by atoms with Crippen LogP contribution in [0.25, 0.3) is 11.1 Å². The van der Waals surface area contributed by atoms with E-state index in [1.807, 2.05) is 36.5 Å². The molecule has 32 heavy (non-hydrogen) atoms. The van der Waals surface area contributed by atoms with Gasteiger partial charge in [0, 0.05) is 18.4 Å². The quantitative estimate of drug-likeness (QED) is 0.664. The number of benzene rings is 1. The van der Waals surface area contributed by atoms with Crippen LogP contribution in [-0.4, -0.2) is 46.4 Å². The number of hydrogen-bond donors (Lipinski definition) is 1. The minimum Gasteiger partial charge on any atom is -0.374 e. The van der Waals surface area contributed by atoms with Crippen molar-refractivity contribution < 1.29 is 9.53 Å². The van der Waals surface area contributed by atoms with E-state index in [1.54, 1.807) is 6.20 Å². The number of ether oxygens (including phenoxy) is 1. The molecule has 2 atom stereocenters. The average Bonchev–Trinajstić information content (AvgIpc) is 3.46. The van der Waals surface area contributed by atoms with Crippen LogP contribution in [0, 0.1) is 6.92 Å². The lowest BCUT2D eigenvalue weighted by atomic mass is 10.0. The maximum atomic E-state index is 12.8. The fourth-order valence-electron chi connectivity index (χ4n) is 4.76. The Kier molecular flexibility index (Phi) is 4.64. The van der Waals surface area contributed by atoms with Crippen LogP contribution in [0.5, 0.6) is 0 Å². The summed E-state index contributed by atoms with van der Waals surface area (Å²) in [6.45, 7) is 3.76. The number of hydrogen-bond acceptors (Lipinski definition) is 6. The number of rotatable bonds is 5. The smallest absolute Gasteiger partial charge is 0.276 e. The van der Waals surface area contributed by atoms with E-state index in [1.165, 1.54) is 0 Å². The molecule has 3 fully saturated rings. The Morgan fingerprint density at radius 1 is 1.19 bits per heavy atom. The molecule has 162 valence electrons. The van der Waals surface area contributed by atoms with Gasteiger partial charge in [0.05, 0.1) is 24.9 Å². The number of nitrogens with one attached hydrogen (secondary N) is 1. The van der Waals surface area contributed by atoms with E-state index < -0.39 is 0 Å². The Morgan fingerprint density at radius 2 is 2.09 bits per heavy atom. The normalized spacial score (nSPS) is 21.7. The minimum absolute atomic E-state index is 0.238. The van der Waals surface area contributed by atoms with Gasteiger partial charge in [0.2, 0.25) is 0 Å². The van der Waals surface area contributed by atoms with E-state index in [9.17, 15) is 4.79 Å². The number of anilines is 2. The largest absolute Gasteiger partial charge is 0.374 e. The summed E-state index contributed by atoms with van der Waals surface area (Å²) in [4.78, 5) is 19.8. The number of amides is 1. The Bertz CT molecular complexity index is 1190. The zero-order valence-corrected chi connectivity index (χ0v) is 18.0. The van der Waals surface area contributed by atoms with Gasteiger partial charge in [0.15, 0.2) is 5.69 Å². The number of aromatic nitrogens is 3. The second-order valence-corrected chi connectivity index (χ2v) is 9.03. The fraction of sp³-hybridized carbons (Fsp3) is 0.360. The predicted octanol–water partition coefficient (Wildman–Crippen LogP) is 3.95. The Labute approximate surface area is 186 Å². The third kappa shape index (κ3) is 3.62. The van der Waals surface area contributed by atoms with Crippen molar-refractivity contribution in [2.45, 2.75) is 44.2 Å². The van der Waals surface area contributed by atoms with Crippen molar-refractivity contribution >= 4 is 17.4 Å². The molecule has 7 heteroatoms. The molecule has 2 aromatic heterocycles. The monoisotopic (exact) mass is 427 g/mol. The third-order valence-electron chi connectivity index (χ3n) is 6.70. The number of nitrogens with zero attached hydrogens (tertiary/aromatic N) is 4. The van der Waals surface area contributed by atoms with Gasteiger partial charge in [0.1, 0.15) is 5.82 Å². The molecule has 1 aliphatic carbocycles. The van der Waals surface area contributed by atoms with Crippen molar-refractivity contribution in [2.24, 2.45) is 0 Å². The Balaban J connectivity index is 1.25. The molecule has 2 bridgehead atoms. The van der Waals surface area contributed by atoms with E-state index in [2.05, 4.69) is 38.4 Å². The highest BCUT2D eigenvalue weighted by molar-refractivity contribution is 6.03. The minimum atomic E-state index is -0.238. The summed E-state index contributed by atoms with van der Waals surface area (Å²) in [5, 5.41) is 11.0. The van der Waals surface area contributed by atoms with Crippen molar-refractivity contribution in [1.82, 2.24) is 15.2 Å². The number of pyridine rings is 1. The van der Waals surface area contributed by atoms with Gasteiger partial charge >= 0.3 is 0 Å². The molecule has 7 nitrogen and oxygen atoms in total. The van der Waals surface area contributed by atoms with E-state index in [4.69, 9.17) is 4.74 Å². The SMILES string of the molecule is Cc1ccc(NC(=O)c2cc(C3CC3)cnn2)cc1-c1ccnc(N2C[C@@H]3C[C@H]2CO3)c1. The Morgan fingerprint density at radius 3 is 2.88 bits per heavy atom. The molecule has 1 saturated carbocycles. The van der Waals surface area contributed by atoms with Crippen LogP contribution in [0.15, 0.2) is 48.8 Å². The maximum absolute atomic E-state index is 12.8. The van der Waals surface area contributed by atoms with Gasteiger partial charge in [0.25, 0.3) is 5.91 Å². The van der Waals surface area contributed by atoms with Crippen LogP contribution < -0.4 is 10.2 Å². The van der Waals surface area contributed by atoms with Crippen LogP contribution in [0.4, 0.5) is 11.5 Å². The number of carbonyl (C=O) groups excluding carboxylic acids is 1. The molecule has 1 N–H and O–H groups in total. The lowest BCUT2D eigenvalue weighted by Crippen LogP contribution is -2.37. The van der Waals surface area contributed by atoms with Gasteiger partial charge in [-0.15, -0.1) is 5.10 Å². The molecule has 0 radical (unpaired) electrons. The van der Waals surface area contributed by atoms with Gasteiger partial charge < -0.3 is 15.0 Å². The first-order valence-corrected chi connectivity index (χ1v) is 11.2.